The van der Waals surface area contributed by atoms with Gasteiger partial charge in [-0.15, -0.1) is 0 Å². The molecule has 1 aromatic heterocycles. The number of carbonyl (C=O) groups is 2. The summed E-state index contributed by atoms with van der Waals surface area (Å²) in [4.78, 5) is 42.8. The van der Waals surface area contributed by atoms with Crippen molar-refractivity contribution in [1.29, 1.82) is 0 Å². The fourth-order valence-corrected chi connectivity index (χ4v) is 4.48. The van der Waals surface area contributed by atoms with Crippen LogP contribution in [-0.4, -0.2) is 23.6 Å². The zero-order valence-electron chi connectivity index (χ0n) is 18.0. The Morgan fingerprint density at radius 2 is 1.90 bits per heavy atom. The highest BCUT2D eigenvalue weighted by Crippen LogP contribution is 2.43. The minimum atomic E-state index is -0.796. The first-order valence-corrected chi connectivity index (χ1v) is 10.4. The third-order valence-corrected chi connectivity index (χ3v) is 6.13. The number of nitrogens with zero attached hydrogens (tertiary/aromatic N) is 1. The van der Waals surface area contributed by atoms with Gasteiger partial charge < -0.3 is 9.15 Å². The second-order valence-electron chi connectivity index (χ2n) is 8.34. The molecule has 4 rings (SSSR count). The van der Waals surface area contributed by atoms with Crippen molar-refractivity contribution in [3.05, 3.63) is 56.8 Å². The van der Waals surface area contributed by atoms with Gasteiger partial charge in [0.15, 0.2) is 5.43 Å². The number of aliphatic imine (C=N–C) groups is 1. The highest BCUT2D eigenvalue weighted by atomic mass is 19.1. The van der Waals surface area contributed by atoms with Crippen LogP contribution in [0, 0.1) is 18.7 Å². The summed E-state index contributed by atoms with van der Waals surface area (Å²) in [6, 6.07) is 3.87. The molecular weight excluding hydrogens is 401 g/mol. The van der Waals surface area contributed by atoms with Crippen molar-refractivity contribution in [3.63, 3.8) is 0 Å². The zero-order chi connectivity index (χ0) is 22.4. The van der Waals surface area contributed by atoms with Gasteiger partial charge in [0.1, 0.15) is 34.4 Å². The number of hydrogen-bond donors (Lipinski definition) is 0. The first-order chi connectivity index (χ1) is 14.7. The molecule has 162 valence electrons. The van der Waals surface area contributed by atoms with Gasteiger partial charge in [0, 0.05) is 29.0 Å². The summed E-state index contributed by atoms with van der Waals surface area (Å²) in [6.45, 7) is 6.44. The summed E-state index contributed by atoms with van der Waals surface area (Å²) in [5.41, 5.74) is 1.15. The highest BCUT2D eigenvalue weighted by Gasteiger charge is 2.42. The van der Waals surface area contributed by atoms with E-state index in [9.17, 15) is 18.8 Å². The Hall–Kier alpha value is -3.09. The summed E-state index contributed by atoms with van der Waals surface area (Å²) in [6.07, 6.45) is 2.45. The molecule has 31 heavy (non-hydrogen) atoms. The van der Waals surface area contributed by atoms with Crippen LogP contribution >= 0.6 is 0 Å². The molecule has 0 amide bonds. The molecule has 1 saturated carbocycles. The normalized spacial score (nSPS) is 21.6. The lowest BCUT2D eigenvalue weighted by atomic mass is 9.73. The fraction of sp³-hybridized carbons (Fsp3) is 0.417. The van der Waals surface area contributed by atoms with Crippen LogP contribution in [0.5, 0.6) is 0 Å². The van der Waals surface area contributed by atoms with Gasteiger partial charge >= 0.3 is 5.97 Å². The van der Waals surface area contributed by atoms with Crippen molar-refractivity contribution in [2.24, 2.45) is 10.9 Å². The molecule has 7 heteroatoms. The van der Waals surface area contributed by atoms with E-state index in [0.29, 0.717) is 22.7 Å². The van der Waals surface area contributed by atoms with Gasteiger partial charge in [-0.05, 0) is 53.0 Å². The molecule has 2 heterocycles. The Morgan fingerprint density at radius 1 is 1.19 bits per heavy atom. The number of ether oxygens (including phenoxy) is 1. The van der Waals surface area contributed by atoms with Crippen LogP contribution in [0.25, 0.3) is 11.0 Å². The van der Waals surface area contributed by atoms with Gasteiger partial charge in [-0.3, -0.25) is 14.6 Å². The summed E-state index contributed by atoms with van der Waals surface area (Å²) < 4.78 is 26.0. The summed E-state index contributed by atoms with van der Waals surface area (Å²) in [5, 5.41) is -0.199. The van der Waals surface area contributed by atoms with E-state index in [2.05, 4.69) is 4.99 Å². The van der Waals surface area contributed by atoms with Gasteiger partial charge in [0.05, 0.1) is 11.5 Å². The number of halogens is 1. The number of aryl methyl sites for hydroxylation is 1. The zero-order valence-corrected chi connectivity index (χ0v) is 18.0. The molecule has 1 aliphatic carbocycles. The topological polar surface area (TPSA) is 85.9 Å². The molecule has 0 spiro atoms. The standard InChI is InChI=1S/C24H24FNO5/c1-11-10-18(28)22-17(25)9-8-16(23(22)30-11)21-19(14(4)27)12(2)26-13(3)20(21)24(29)31-15-6-5-7-15/h8-10,15,19,21H,5-7H2,1-4H3. The Bertz CT molecular complexity index is 1220. The molecule has 2 aliphatic rings. The van der Waals surface area contributed by atoms with Crippen molar-refractivity contribution < 1.29 is 23.1 Å². The molecule has 2 atom stereocenters. The van der Waals surface area contributed by atoms with Crippen LogP contribution < -0.4 is 5.43 Å². The van der Waals surface area contributed by atoms with E-state index in [1.54, 1.807) is 20.8 Å². The Morgan fingerprint density at radius 3 is 2.52 bits per heavy atom. The number of allylic oxidation sites excluding steroid dienone is 1. The van der Waals surface area contributed by atoms with Crippen LogP contribution in [-0.2, 0) is 14.3 Å². The molecule has 1 aromatic carbocycles. The van der Waals surface area contributed by atoms with Gasteiger partial charge in [-0.2, -0.15) is 0 Å². The van der Waals surface area contributed by atoms with Crippen molar-refractivity contribution >= 4 is 28.4 Å². The molecule has 0 bridgehead atoms. The van der Waals surface area contributed by atoms with Crippen molar-refractivity contribution in [1.82, 2.24) is 0 Å². The van der Waals surface area contributed by atoms with E-state index in [0.717, 1.165) is 19.3 Å². The van der Waals surface area contributed by atoms with Crippen LogP contribution in [0.4, 0.5) is 4.39 Å². The average molecular weight is 425 g/mol. The van der Waals surface area contributed by atoms with Gasteiger partial charge in [-0.25, -0.2) is 9.18 Å². The maximum atomic E-state index is 14.6. The predicted octanol–water partition coefficient (Wildman–Crippen LogP) is 4.37. The number of rotatable bonds is 4. The van der Waals surface area contributed by atoms with Crippen LogP contribution in [0.3, 0.4) is 0 Å². The van der Waals surface area contributed by atoms with Crippen LogP contribution in [0.15, 0.2) is 43.7 Å². The largest absolute Gasteiger partial charge is 0.461 e. The highest BCUT2D eigenvalue weighted by molar-refractivity contribution is 6.09. The van der Waals surface area contributed by atoms with Gasteiger partial charge in [0.25, 0.3) is 0 Å². The molecule has 1 fully saturated rings. The Labute approximate surface area is 178 Å². The summed E-state index contributed by atoms with van der Waals surface area (Å²) in [5.74, 6) is -2.69. The van der Waals surface area contributed by atoms with Crippen LogP contribution in [0.2, 0.25) is 0 Å². The molecule has 0 N–H and O–H groups in total. The van der Waals surface area contributed by atoms with E-state index in [4.69, 9.17) is 9.15 Å². The number of Topliss-reactive ketones (excluding diaryl/α,β-unsaturated/α-hetero) is 1. The minimum absolute atomic E-state index is 0.0395. The first kappa shape index (κ1) is 21.2. The number of fused-ring (bicyclic) bond motifs is 1. The molecule has 2 aromatic rings. The van der Waals surface area contributed by atoms with E-state index >= 15 is 0 Å². The van der Waals surface area contributed by atoms with E-state index in [1.807, 2.05) is 0 Å². The van der Waals surface area contributed by atoms with Gasteiger partial charge in [-0.1, -0.05) is 6.07 Å². The summed E-state index contributed by atoms with van der Waals surface area (Å²) >= 11 is 0. The lowest BCUT2D eigenvalue weighted by Crippen LogP contribution is -2.36. The average Bonchev–Trinajstić information content (AvgIpc) is 2.63. The third kappa shape index (κ3) is 3.62. The molecular formula is C24H24FNO5. The SMILES string of the molecule is CC(=O)C1C(C)=NC(C)=C(C(=O)OC2CCC2)C1c1ccc(F)c2c(=O)cc(C)oc12. The maximum absolute atomic E-state index is 14.6. The van der Waals surface area contributed by atoms with Gasteiger partial charge in [0.2, 0.25) is 0 Å². The van der Waals surface area contributed by atoms with Crippen LogP contribution in [0.1, 0.15) is 57.3 Å². The van der Waals surface area contributed by atoms with Crippen molar-refractivity contribution in [2.75, 3.05) is 0 Å². The first-order valence-electron chi connectivity index (χ1n) is 10.4. The smallest absolute Gasteiger partial charge is 0.336 e. The Balaban J connectivity index is 1.97. The third-order valence-electron chi connectivity index (χ3n) is 6.13. The maximum Gasteiger partial charge on any atom is 0.336 e. The second-order valence-corrected chi connectivity index (χ2v) is 8.34. The van der Waals surface area contributed by atoms with Crippen molar-refractivity contribution in [3.8, 4) is 0 Å². The van der Waals surface area contributed by atoms with E-state index < -0.39 is 29.1 Å². The Kier molecular flexibility index (Phi) is 5.37. The quantitative estimate of drug-likeness (QED) is 0.679. The lowest BCUT2D eigenvalue weighted by Gasteiger charge is -2.33. The predicted molar refractivity (Wildman–Crippen MR) is 114 cm³/mol. The molecule has 2 unspecified atom stereocenters. The van der Waals surface area contributed by atoms with Crippen molar-refractivity contribution in [2.45, 2.75) is 59.0 Å². The minimum Gasteiger partial charge on any atom is -0.461 e. The number of hydrogen-bond acceptors (Lipinski definition) is 6. The molecule has 0 saturated heterocycles. The fourth-order valence-electron chi connectivity index (χ4n) is 4.48. The molecule has 0 radical (unpaired) electrons. The monoisotopic (exact) mass is 425 g/mol. The van der Waals surface area contributed by atoms with E-state index in [1.165, 1.54) is 25.1 Å². The second kappa shape index (κ2) is 7.87. The lowest BCUT2D eigenvalue weighted by molar-refractivity contribution is -0.148. The summed E-state index contributed by atoms with van der Waals surface area (Å²) in [7, 11) is 0. The number of carbonyl (C=O) groups excluding carboxylic acids is 2. The number of esters is 1. The molecule has 1 aliphatic heterocycles. The number of benzene rings is 1. The number of ketones is 1. The van der Waals surface area contributed by atoms with E-state index in [-0.39, 0.29) is 28.4 Å². The molecule has 6 nitrogen and oxygen atoms in total.